The van der Waals surface area contributed by atoms with Crippen LogP contribution in [0.1, 0.15) is 11.1 Å². The van der Waals surface area contributed by atoms with Gasteiger partial charge in [0.15, 0.2) is 0 Å². The monoisotopic (exact) mass is 415 g/mol. The number of pyridine rings is 1. The molecular weight excluding hydrogens is 394 g/mol. The van der Waals surface area contributed by atoms with E-state index in [9.17, 15) is 10.1 Å². The van der Waals surface area contributed by atoms with E-state index in [4.69, 9.17) is 0 Å². The molecule has 154 valence electrons. The van der Waals surface area contributed by atoms with Crippen molar-refractivity contribution in [3.8, 4) is 17.3 Å². The van der Waals surface area contributed by atoms with Gasteiger partial charge < -0.3 is 9.13 Å². The topological polar surface area (TPSA) is 50.7 Å². The molecular formula is C28H21N3O. The predicted octanol–water partition coefficient (Wildman–Crippen LogP) is 5.73. The number of hydrogen-bond acceptors (Lipinski definition) is 2. The van der Waals surface area contributed by atoms with E-state index in [1.807, 2.05) is 83.4 Å². The lowest BCUT2D eigenvalue weighted by molar-refractivity contribution is 0.781. The van der Waals surface area contributed by atoms with Crippen LogP contribution in [0.2, 0.25) is 0 Å². The first-order valence-corrected chi connectivity index (χ1v) is 10.5. The summed E-state index contributed by atoms with van der Waals surface area (Å²) in [6.07, 6.45) is 1.75. The van der Waals surface area contributed by atoms with E-state index in [0.717, 1.165) is 33.1 Å². The zero-order chi connectivity index (χ0) is 22.1. The summed E-state index contributed by atoms with van der Waals surface area (Å²) in [7, 11) is 0. The minimum absolute atomic E-state index is 0.0631. The number of hydrogen-bond donors (Lipinski definition) is 0. The van der Waals surface area contributed by atoms with Crippen LogP contribution in [-0.4, -0.2) is 9.13 Å². The lowest BCUT2D eigenvalue weighted by atomic mass is 10.1. The first-order chi connectivity index (χ1) is 15.7. The van der Waals surface area contributed by atoms with Gasteiger partial charge in [-0.25, -0.2) is 0 Å². The average Bonchev–Trinajstić information content (AvgIpc) is 3.14. The fourth-order valence-corrected chi connectivity index (χ4v) is 4.36. The number of nitriles is 1. The fourth-order valence-electron chi connectivity index (χ4n) is 4.36. The fraction of sp³-hybridized carbons (Fsp3) is 0.0714. The van der Waals surface area contributed by atoms with E-state index < -0.39 is 0 Å². The summed E-state index contributed by atoms with van der Waals surface area (Å²) in [5.74, 6) is 0. The maximum absolute atomic E-state index is 13.9. The molecule has 4 heteroatoms. The zero-order valence-corrected chi connectivity index (χ0v) is 17.5. The van der Waals surface area contributed by atoms with Crippen LogP contribution in [0.3, 0.4) is 0 Å². The highest BCUT2D eigenvalue weighted by atomic mass is 16.1. The van der Waals surface area contributed by atoms with Crippen LogP contribution in [0, 0.1) is 11.3 Å². The quantitative estimate of drug-likeness (QED) is 0.344. The molecule has 0 amide bonds. The summed E-state index contributed by atoms with van der Waals surface area (Å²) >= 11 is 0. The van der Waals surface area contributed by atoms with Crippen molar-refractivity contribution in [1.82, 2.24) is 9.13 Å². The summed E-state index contributed by atoms with van der Waals surface area (Å²) in [6.45, 7) is 4.82. The van der Waals surface area contributed by atoms with Crippen LogP contribution >= 0.6 is 0 Å². The number of allylic oxidation sites excluding steroid dienone is 1. The third-order valence-corrected chi connectivity index (χ3v) is 5.82. The molecule has 0 atom stereocenters. The molecule has 2 heterocycles. The Morgan fingerprint density at radius 1 is 0.875 bits per heavy atom. The highest BCUT2D eigenvalue weighted by Gasteiger charge is 2.19. The van der Waals surface area contributed by atoms with Crippen molar-refractivity contribution in [2.45, 2.75) is 13.1 Å². The number of rotatable bonds is 5. The van der Waals surface area contributed by atoms with Crippen molar-refractivity contribution in [1.29, 1.82) is 5.26 Å². The minimum Gasteiger partial charge on any atom is -0.331 e. The predicted molar refractivity (Wildman–Crippen MR) is 130 cm³/mol. The average molecular weight is 415 g/mol. The van der Waals surface area contributed by atoms with Crippen LogP contribution in [0.25, 0.3) is 33.1 Å². The van der Waals surface area contributed by atoms with E-state index in [1.54, 1.807) is 10.6 Å². The Hall–Kier alpha value is -4.36. The Kier molecular flexibility index (Phi) is 4.93. The first-order valence-electron chi connectivity index (χ1n) is 10.5. The van der Waals surface area contributed by atoms with Crippen LogP contribution in [0.15, 0.2) is 102 Å². The normalized spacial score (nSPS) is 11.0. The summed E-state index contributed by atoms with van der Waals surface area (Å²) in [6, 6.07) is 29.9. The second-order valence-electron chi connectivity index (χ2n) is 7.78. The van der Waals surface area contributed by atoms with Gasteiger partial charge in [-0.1, -0.05) is 72.8 Å². The third-order valence-electron chi connectivity index (χ3n) is 5.82. The Morgan fingerprint density at radius 2 is 1.59 bits per heavy atom. The van der Waals surface area contributed by atoms with Crippen LogP contribution in [0.5, 0.6) is 0 Å². The van der Waals surface area contributed by atoms with Crippen molar-refractivity contribution in [2.24, 2.45) is 0 Å². The van der Waals surface area contributed by atoms with Gasteiger partial charge in [0.2, 0.25) is 0 Å². The second kappa shape index (κ2) is 8.05. The van der Waals surface area contributed by atoms with Gasteiger partial charge >= 0.3 is 0 Å². The van der Waals surface area contributed by atoms with Gasteiger partial charge in [0, 0.05) is 23.9 Å². The van der Waals surface area contributed by atoms with Gasteiger partial charge in [0.25, 0.3) is 5.56 Å². The van der Waals surface area contributed by atoms with Crippen molar-refractivity contribution >= 4 is 21.8 Å². The Morgan fingerprint density at radius 3 is 2.28 bits per heavy atom. The molecule has 0 spiro atoms. The molecule has 3 aromatic carbocycles. The molecule has 0 fully saturated rings. The van der Waals surface area contributed by atoms with Gasteiger partial charge in [0.05, 0.1) is 22.8 Å². The molecule has 0 bridgehead atoms. The molecule has 0 N–H and O–H groups in total. The van der Waals surface area contributed by atoms with Crippen molar-refractivity contribution < 1.29 is 0 Å². The van der Waals surface area contributed by atoms with Crippen LogP contribution in [0.4, 0.5) is 0 Å². The second-order valence-corrected chi connectivity index (χ2v) is 7.78. The number of aromatic nitrogens is 2. The van der Waals surface area contributed by atoms with Crippen molar-refractivity contribution in [3.05, 3.63) is 119 Å². The Balaban J connectivity index is 1.90. The van der Waals surface area contributed by atoms with E-state index in [-0.39, 0.29) is 5.56 Å². The molecule has 0 radical (unpaired) electrons. The molecule has 32 heavy (non-hydrogen) atoms. The summed E-state index contributed by atoms with van der Waals surface area (Å²) in [4.78, 5) is 13.9. The number of fused-ring (bicyclic) bond motifs is 3. The summed E-state index contributed by atoms with van der Waals surface area (Å²) in [5, 5.41) is 11.3. The van der Waals surface area contributed by atoms with E-state index >= 15 is 0 Å². The van der Waals surface area contributed by atoms with E-state index in [0.29, 0.717) is 24.2 Å². The van der Waals surface area contributed by atoms with Crippen molar-refractivity contribution in [3.63, 3.8) is 0 Å². The molecule has 0 saturated heterocycles. The number of nitrogens with zero attached hydrogens (tertiary/aromatic N) is 3. The van der Waals surface area contributed by atoms with Crippen LogP contribution < -0.4 is 5.56 Å². The van der Waals surface area contributed by atoms with Gasteiger partial charge in [-0.05, 0) is 29.3 Å². The van der Waals surface area contributed by atoms with E-state index in [1.165, 1.54) is 0 Å². The summed E-state index contributed by atoms with van der Waals surface area (Å²) < 4.78 is 3.81. The SMILES string of the molecule is C=CCn1c(-c2ccccc2)cc2c3ccc(C#N)cc3n(Cc3ccccc3)c2c1=O. The molecule has 5 rings (SSSR count). The zero-order valence-electron chi connectivity index (χ0n) is 17.5. The molecule has 0 aliphatic heterocycles. The Bertz CT molecular complexity index is 1550. The summed E-state index contributed by atoms with van der Waals surface area (Å²) in [5.41, 5.74) is 4.96. The molecule has 0 aliphatic carbocycles. The molecule has 0 unspecified atom stereocenters. The maximum atomic E-state index is 13.9. The van der Waals surface area contributed by atoms with Crippen molar-refractivity contribution in [2.75, 3.05) is 0 Å². The highest BCUT2D eigenvalue weighted by molar-refractivity contribution is 6.09. The lowest BCUT2D eigenvalue weighted by Gasteiger charge is -2.14. The van der Waals surface area contributed by atoms with Crippen LogP contribution in [-0.2, 0) is 13.1 Å². The van der Waals surface area contributed by atoms with E-state index in [2.05, 4.69) is 18.7 Å². The van der Waals surface area contributed by atoms with Gasteiger partial charge in [-0.15, -0.1) is 6.58 Å². The first kappa shape index (κ1) is 19.6. The largest absolute Gasteiger partial charge is 0.331 e. The third kappa shape index (κ3) is 3.21. The van der Waals surface area contributed by atoms with Gasteiger partial charge in [-0.3, -0.25) is 4.79 Å². The highest BCUT2D eigenvalue weighted by Crippen LogP contribution is 2.32. The number of benzene rings is 3. The van der Waals surface area contributed by atoms with Gasteiger partial charge in [0.1, 0.15) is 5.52 Å². The minimum atomic E-state index is -0.0631. The molecule has 4 nitrogen and oxygen atoms in total. The molecule has 0 saturated carbocycles. The lowest BCUT2D eigenvalue weighted by Crippen LogP contribution is -2.23. The smallest absolute Gasteiger partial charge is 0.275 e. The standard InChI is InChI=1S/C28H21N3O/c1-2-15-30-25(22-11-7-4-8-12-22)17-24-23-14-13-21(18-29)16-26(23)31(27(24)28(30)32)19-20-9-5-3-6-10-20/h2-14,16-17H,1,15,19H2. The molecule has 0 aliphatic rings. The molecule has 2 aromatic heterocycles. The Labute approximate surface area is 185 Å². The molecule has 5 aromatic rings. The maximum Gasteiger partial charge on any atom is 0.275 e. The van der Waals surface area contributed by atoms with Gasteiger partial charge in [-0.2, -0.15) is 5.26 Å².